The Bertz CT molecular complexity index is 1100. The summed E-state index contributed by atoms with van der Waals surface area (Å²) in [5, 5.41) is 3.53. The van der Waals surface area contributed by atoms with E-state index in [2.05, 4.69) is 22.9 Å². The van der Waals surface area contributed by atoms with Crippen molar-refractivity contribution in [1.82, 2.24) is 14.9 Å². The quantitative estimate of drug-likeness (QED) is 0.476. The molecule has 29 heavy (non-hydrogen) atoms. The van der Waals surface area contributed by atoms with Crippen LogP contribution in [-0.4, -0.2) is 9.55 Å². The second-order valence-corrected chi connectivity index (χ2v) is 7.14. The predicted octanol–water partition coefficient (Wildman–Crippen LogP) is 5.14. The van der Waals surface area contributed by atoms with Crippen LogP contribution in [0, 0.1) is 5.82 Å². The Morgan fingerprint density at radius 3 is 2.48 bits per heavy atom. The third kappa shape index (κ3) is 4.30. The van der Waals surface area contributed by atoms with Gasteiger partial charge in [-0.2, -0.15) is 0 Å². The number of nitrogens with one attached hydrogen (secondary N) is 1. The van der Waals surface area contributed by atoms with E-state index in [1.807, 2.05) is 55.6 Å². The van der Waals surface area contributed by atoms with Crippen molar-refractivity contribution >= 4 is 11.0 Å². The second-order valence-electron chi connectivity index (χ2n) is 7.14. The number of aryl methyl sites for hydroxylation is 1. The van der Waals surface area contributed by atoms with E-state index in [1.54, 1.807) is 12.1 Å². The molecule has 0 saturated carbocycles. The van der Waals surface area contributed by atoms with Crippen LogP contribution in [0.1, 0.15) is 29.9 Å². The Kier molecular flexibility index (Phi) is 5.58. The molecule has 0 saturated heterocycles. The minimum absolute atomic E-state index is 0.115. The molecule has 1 aromatic heterocycles. The fraction of sp³-hybridized carbons (Fsp3) is 0.208. The average molecular weight is 389 g/mol. The van der Waals surface area contributed by atoms with Crippen LogP contribution in [0.15, 0.2) is 72.8 Å². The topological polar surface area (TPSA) is 39.1 Å². The van der Waals surface area contributed by atoms with Gasteiger partial charge in [0.05, 0.1) is 17.1 Å². The van der Waals surface area contributed by atoms with Gasteiger partial charge in [0.1, 0.15) is 24.0 Å². The molecule has 0 spiro atoms. The molecule has 1 atom stereocenters. The van der Waals surface area contributed by atoms with Crippen LogP contribution in [0.5, 0.6) is 5.75 Å². The first-order valence-corrected chi connectivity index (χ1v) is 9.71. The lowest BCUT2D eigenvalue weighted by Crippen LogP contribution is -2.21. The lowest BCUT2D eigenvalue weighted by atomic mass is 10.2. The van der Waals surface area contributed by atoms with Gasteiger partial charge in [-0.1, -0.05) is 42.5 Å². The number of fused-ring (bicyclic) bond motifs is 1. The minimum atomic E-state index is -0.246. The lowest BCUT2D eigenvalue weighted by Gasteiger charge is -2.14. The van der Waals surface area contributed by atoms with Crippen LogP contribution >= 0.6 is 0 Å². The van der Waals surface area contributed by atoms with Crippen molar-refractivity contribution in [3.8, 4) is 5.75 Å². The van der Waals surface area contributed by atoms with Crippen molar-refractivity contribution in [3.05, 3.63) is 95.6 Å². The first-order valence-electron chi connectivity index (χ1n) is 9.71. The fourth-order valence-corrected chi connectivity index (χ4v) is 3.39. The molecule has 0 radical (unpaired) electrons. The van der Waals surface area contributed by atoms with Crippen molar-refractivity contribution in [2.75, 3.05) is 0 Å². The molecule has 0 aliphatic carbocycles. The third-order valence-electron chi connectivity index (χ3n) is 5.10. The molecule has 5 heteroatoms. The summed E-state index contributed by atoms with van der Waals surface area (Å²) in [5.41, 5.74) is 3.84. The molecule has 1 N–H and O–H groups in total. The van der Waals surface area contributed by atoms with Gasteiger partial charge < -0.3 is 14.6 Å². The molecule has 0 fully saturated rings. The number of benzene rings is 3. The van der Waals surface area contributed by atoms with E-state index < -0.39 is 0 Å². The number of para-hydroxylation sites is 2. The number of hydrogen-bond acceptors (Lipinski definition) is 3. The van der Waals surface area contributed by atoms with Gasteiger partial charge in [0.2, 0.25) is 0 Å². The molecule has 4 nitrogen and oxygen atoms in total. The number of hydrogen-bond donors (Lipinski definition) is 1. The highest BCUT2D eigenvalue weighted by molar-refractivity contribution is 5.75. The highest BCUT2D eigenvalue weighted by atomic mass is 19.1. The Balaban J connectivity index is 1.35. The maximum Gasteiger partial charge on any atom is 0.129 e. The Morgan fingerprint density at radius 1 is 1.00 bits per heavy atom. The molecule has 3 aromatic carbocycles. The zero-order valence-corrected chi connectivity index (χ0v) is 16.6. The van der Waals surface area contributed by atoms with Gasteiger partial charge in [0.25, 0.3) is 0 Å². The number of halogens is 1. The van der Waals surface area contributed by atoms with Crippen LogP contribution in [-0.2, 0) is 20.2 Å². The summed E-state index contributed by atoms with van der Waals surface area (Å²) in [5.74, 6) is 1.49. The Hall–Kier alpha value is -3.18. The SMILES string of the molecule is CC(NCc1ccc(OCc2ccccc2F)cc1)c1nc2ccccc2n1C. The maximum absolute atomic E-state index is 13.7. The van der Waals surface area contributed by atoms with Gasteiger partial charge in [-0.15, -0.1) is 0 Å². The first-order chi connectivity index (χ1) is 14.1. The van der Waals surface area contributed by atoms with Gasteiger partial charge in [0, 0.05) is 19.2 Å². The van der Waals surface area contributed by atoms with Crippen LogP contribution < -0.4 is 10.1 Å². The van der Waals surface area contributed by atoms with Crippen LogP contribution in [0.4, 0.5) is 4.39 Å². The van der Waals surface area contributed by atoms with Crippen molar-refractivity contribution in [1.29, 1.82) is 0 Å². The standard InChI is InChI=1S/C24H24FN3O/c1-17(24-27-22-9-5-6-10-23(22)28(24)2)26-15-18-11-13-20(14-12-18)29-16-19-7-3-4-8-21(19)25/h3-14,17,26H,15-16H2,1-2H3. The summed E-state index contributed by atoms with van der Waals surface area (Å²) in [7, 11) is 2.05. The number of rotatable bonds is 7. The largest absolute Gasteiger partial charge is 0.489 e. The van der Waals surface area contributed by atoms with Crippen molar-refractivity contribution in [2.24, 2.45) is 7.05 Å². The van der Waals surface area contributed by atoms with E-state index >= 15 is 0 Å². The van der Waals surface area contributed by atoms with E-state index in [1.165, 1.54) is 6.07 Å². The number of imidazole rings is 1. The molecular formula is C24H24FN3O. The van der Waals surface area contributed by atoms with Crippen molar-refractivity contribution in [3.63, 3.8) is 0 Å². The van der Waals surface area contributed by atoms with Crippen LogP contribution in [0.3, 0.4) is 0 Å². The minimum Gasteiger partial charge on any atom is -0.489 e. The van der Waals surface area contributed by atoms with Crippen molar-refractivity contribution < 1.29 is 9.13 Å². The normalized spacial score (nSPS) is 12.2. The zero-order valence-electron chi connectivity index (χ0n) is 16.6. The second kappa shape index (κ2) is 8.45. The molecule has 148 valence electrons. The number of ether oxygens (including phenoxy) is 1. The molecule has 4 aromatic rings. The predicted molar refractivity (Wildman–Crippen MR) is 113 cm³/mol. The van der Waals surface area contributed by atoms with Gasteiger partial charge >= 0.3 is 0 Å². The van der Waals surface area contributed by atoms with Gasteiger partial charge in [-0.25, -0.2) is 9.37 Å². The Morgan fingerprint density at radius 2 is 1.72 bits per heavy atom. The summed E-state index contributed by atoms with van der Waals surface area (Å²) in [6, 6.07) is 22.8. The lowest BCUT2D eigenvalue weighted by molar-refractivity contribution is 0.299. The van der Waals surface area contributed by atoms with Crippen LogP contribution in [0.2, 0.25) is 0 Å². The molecular weight excluding hydrogens is 365 g/mol. The maximum atomic E-state index is 13.7. The van der Waals surface area contributed by atoms with Crippen molar-refractivity contribution in [2.45, 2.75) is 26.1 Å². The fourth-order valence-electron chi connectivity index (χ4n) is 3.39. The summed E-state index contributed by atoms with van der Waals surface area (Å²) in [4.78, 5) is 4.75. The zero-order chi connectivity index (χ0) is 20.2. The monoisotopic (exact) mass is 389 g/mol. The summed E-state index contributed by atoms with van der Waals surface area (Å²) < 4.78 is 21.5. The summed E-state index contributed by atoms with van der Waals surface area (Å²) in [6.07, 6.45) is 0. The summed E-state index contributed by atoms with van der Waals surface area (Å²) >= 11 is 0. The van der Waals surface area contributed by atoms with Gasteiger partial charge in [-0.05, 0) is 42.8 Å². The first kappa shape index (κ1) is 19.2. The molecule has 1 unspecified atom stereocenters. The highest BCUT2D eigenvalue weighted by Crippen LogP contribution is 2.20. The Labute approximate surface area is 170 Å². The smallest absolute Gasteiger partial charge is 0.129 e. The van der Waals surface area contributed by atoms with Gasteiger partial charge in [-0.3, -0.25) is 0 Å². The van der Waals surface area contributed by atoms with Gasteiger partial charge in [0.15, 0.2) is 0 Å². The highest BCUT2D eigenvalue weighted by Gasteiger charge is 2.13. The average Bonchev–Trinajstić information content (AvgIpc) is 3.09. The van der Waals surface area contributed by atoms with E-state index in [4.69, 9.17) is 9.72 Å². The van der Waals surface area contributed by atoms with E-state index in [9.17, 15) is 4.39 Å². The molecule has 0 aliphatic rings. The van der Waals surface area contributed by atoms with E-state index in [0.717, 1.165) is 34.7 Å². The number of nitrogens with zero attached hydrogens (tertiary/aromatic N) is 2. The number of aromatic nitrogens is 2. The molecule has 4 rings (SSSR count). The molecule has 0 amide bonds. The van der Waals surface area contributed by atoms with E-state index in [0.29, 0.717) is 5.56 Å². The van der Waals surface area contributed by atoms with E-state index in [-0.39, 0.29) is 18.5 Å². The molecule has 1 heterocycles. The third-order valence-corrected chi connectivity index (χ3v) is 5.10. The molecule has 0 bridgehead atoms. The van der Waals surface area contributed by atoms with Crippen LogP contribution in [0.25, 0.3) is 11.0 Å². The molecule has 0 aliphatic heterocycles. The summed E-state index contributed by atoms with van der Waals surface area (Å²) in [6.45, 7) is 3.05.